The monoisotopic (exact) mass is 468 g/mol. The van der Waals surface area contributed by atoms with Gasteiger partial charge in [-0.05, 0) is 28.7 Å². The summed E-state index contributed by atoms with van der Waals surface area (Å²) in [6.07, 6.45) is -1.03. The highest BCUT2D eigenvalue weighted by atomic mass is 16.5. The van der Waals surface area contributed by atoms with Crippen molar-refractivity contribution in [2.75, 3.05) is 26.4 Å². The Labute approximate surface area is 197 Å². The van der Waals surface area contributed by atoms with Gasteiger partial charge in [-0.2, -0.15) is 0 Å². The van der Waals surface area contributed by atoms with Crippen molar-refractivity contribution in [3.05, 3.63) is 59.7 Å². The molecule has 2 aromatic rings. The molecule has 1 saturated heterocycles. The number of carbonyl (C=O) groups excluding carboxylic acids is 2. The summed E-state index contributed by atoms with van der Waals surface area (Å²) in [5, 5.41) is 23.3. The zero-order chi connectivity index (χ0) is 24.1. The Morgan fingerprint density at radius 3 is 2.32 bits per heavy atom. The van der Waals surface area contributed by atoms with Gasteiger partial charge in [-0.15, -0.1) is 0 Å². The van der Waals surface area contributed by atoms with Crippen LogP contribution in [0.2, 0.25) is 0 Å². The van der Waals surface area contributed by atoms with Crippen molar-refractivity contribution in [3.8, 4) is 11.1 Å². The van der Waals surface area contributed by atoms with Gasteiger partial charge in [-0.1, -0.05) is 48.5 Å². The Morgan fingerprint density at radius 2 is 1.71 bits per heavy atom. The zero-order valence-corrected chi connectivity index (χ0v) is 18.6. The van der Waals surface area contributed by atoms with Gasteiger partial charge in [0, 0.05) is 38.0 Å². The van der Waals surface area contributed by atoms with E-state index in [0.717, 1.165) is 22.3 Å². The quantitative estimate of drug-likeness (QED) is 0.441. The van der Waals surface area contributed by atoms with Crippen molar-refractivity contribution in [3.63, 3.8) is 0 Å². The summed E-state index contributed by atoms with van der Waals surface area (Å²) < 4.78 is 11.0. The van der Waals surface area contributed by atoms with Gasteiger partial charge in [-0.25, -0.2) is 9.59 Å². The van der Waals surface area contributed by atoms with E-state index in [0.29, 0.717) is 13.0 Å². The van der Waals surface area contributed by atoms with Crippen LogP contribution >= 0.6 is 0 Å². The molecular formula is C25H28N2O7. The normalized spacial score (nSPS) is 19.7. The maximum atomic E-state index is 12.5. The molecule has 2 aromatic carbocycles. The molecule has 4 N–H and O–H groups in total. The lowest BCUT2D eigenvalue weighted by molar-refractivity contribution is -0.144. The van der Waals surface area contributed by atoms with E-state index >= 15 is 0 Å². The molecule has 4 rings (SSSR count). The molecule has 1 aliphatic carbocycles. The number of aliphatic hydroxyl groups excluding tert-OH is 1. The number of amides is 2. The number of rotatable bonds is 9. The molecule has 1 fully saturated rings. The average Bonchev–Trinajstić information content (AvgIpc) is 3.44. The third-order valence-electron chi connectivity index (χ3n) is 6.36. The number of carbonyl (C=O) groups is 3. The minimum Gasteiger partial charge on any atom is -0.480 e. The summed E-state index contributed by atoms with van der Waals surface area (Å²) in [6.45, 7) is 0.307. The van der Waals surface area contributed by atoms with Crippen LogP contribution in [-0.2, 0) is 19.1 Å². The van der Waals surface area contributed by atoms with Gasteiger partial charge >= 0.3 is 12.1 Å². The van der Waals surface area contributed by atoms with E-state index in [1.54, 1.807) is 0 Å². The van der Waals surface area contributed by atoms with Crippen LogP contribution in [0, 0.1) is 5.92 Å². The molecule has 0 bridgehead atoms. The number of alkyl carbamates (subject to hydrolysis) is 1. The van der Waals surface area contributed by atoms with E-state index in [-0.39, 0.29) is 38.0 Å². The highest BCUT2D eigenvalue weighted by Crippen LogP contribution is 2.44. The summed E-state index contributed by atoms with van der Waals surface area (Å²) in [7, 11) is 0. The van der Waals surface area contributed by atoms with Crippen molar-refractivity contribution in [2.45, 2.75) is 30.9 Å². The van der Waals surface area contributed by atoms with E-state index in [9.17, 15) is 14.4 Å². The average molecular weight is 469 g/mol. The number of benzene rings is 2. The number of aliphatic hydroxyl groups is 1. The highest BCUT2D eigenvalue weighted by Gasteiger charge is 2.36. The third kappa shape index (κ3) is 5.05. The van der Waals surface area contributed by atoms with Gasteiger partial charge in [0.25, 0.3) is 0 Å². The summed E-state index contributed by atoms with van der Waals surface area (Å²) in [5.74, 6) is -2.17. The summed E-state index contributed by atoms with van der Waals surface area (Å²) in [4.78, 5) is 36.2. The van der Waals surface area contributed by atoms with Gasteiger partial charge < -0.3 is 30.3 Å². The van der Waals surface area contributed by atoms with Gasteiger partial charge in [0.05, 0.1) is 0 Å². The second-order valence-electron chi connectivity index (χ2n) is 8.46. The molecule has 0 radical (unpaired) electrons. The number of carboxylic acids is 1. The van der Waals surface area contributed by atoms with Gasteiger partial charge in [-0.3, -0.25) is 4.79 Å². The van der Waals surface area contributed by atoms with Crippen LogP contribution in [0.15, 0.2) is 48.5 Å². The van der Waals surface area contributed by atoms with Crippen LogP contribution in [-0.4, -0.2) is 66.7 Å². The first-order valence-electron chi connectivity index (χ1n) is 11.3. The number of aliphatic carboxylic acids is 1. The maximum absolute atomic E-state index is 12.5. The fraction of sp³-hybridized carbons (Fsp3) is 0.400. The smallest absolute Gasteiger partial charge is 0.407 e. The topological polar surface area (TPSA) is 134 Å². The minimum absolute atomic E-state index is 0.0500. The van der Waals surface area contributed by atoms with Crippen molar-refractivity contribution < 1.29 is 34.1 Å². The lowest BCUT2D eigenvalue weighted by atomic mass is 9.98. The van der Waals surface area contributed by atoms with E-state index in [1.165, 1.54) is 0 Å². The van der Waals surface area contributed by atoms with Crippen LogP contribution in [0.3, 0.4) is 0 Å². The lowest BCUT2D eigenvalue weighted by Gasteiger charge is -2.21. The number of carboxylic acid groups (broad SMARTS) is 1. The molecule has 0 aromatic heterocycles. The predicted molar refractivity (Wildman–Crippen MR) is 122 cm³/mol. The van der Waals surface area contributed by atoms with Gasteiger partial charge in [0.1, 0.15) is 18.8 Å². The van der Waals surface area contributed by atoms with Crippen LogP contribution in [0.1, 0.15) is 29.9 Å². The highest BCUT2D eigenvalue weighted by molar-refractivity contribution is 5.86. The minimum atomic E-state index is -1.23. The van der Waals surface area contributed by atoms with Crippen LogP contribution in [0.25, 0.3) is 11.1 Å². The summed E-state index contributed by atoms with van der Waals surface area (Å²) >= 11 is 0. The molecule has 0 saturated carbocycles. The Kier molecular flexibility index (Phi) is 7.44. The Bertz CT molecular complexity index is 1010. The first kappa shape index (κ1) is 23.7. The van der Waals surface area contributed by atoms with Crippen molar-refractivity contribution in [2.24, 2.45) is 5.92 Å². The molecule has 0 spiro atoms. The zero-order valence-electron chi connectivity index (χ0n) is 18.6. The SMILES string of the molecule is O=C(NCC1CCOC1C(=O)N[C@@H](CCO)C(=O)O)OCC1c2ccccc2-c2ccccc21. The molecule has 9 nitrogen and oxygen atoms in total. The molecule has 2 amide bonds. The molecule has 2 unspecified atom stereocenters. The van der Waals surface area contributed by atoms with Crippen molar-refractivity contribution in [1.29, 1.82) is 0 Å². The first-order chi connectivity index (χ1) is 16.5. The molecular weight excluding hydrogens is 440 g/mol. The fourth-order valence-electron chi connectivity index (χ4n) is 4.64. The Hall–Kier alpha value is -3.43. The Morgan fingerprint density at radius 1 is 1.06 bits per heavy atom. The maximum Gasteiger partial charge on any atom is 0.407 e. The first-order valence-corrected chi connectivity index (χ1v) is 11.3. The van der Waals surface area contributed by atoms with E-state index in [1.807, 2.05) is 36.4 Å². The molecule has 180 valence electrons. The van der Waals surface area contributed by atoms with E-state index in [2.05, 4.69) is 22.8 Å². The lowest BCUT2D eigenvalue weighted by Crippen LogP contribution is -2.48. The number of nitrogens with one attached hydrogen (secondary N) is 2. The second kappa shape index (κ2) is 10.7. The van der Waals surface area contributed by atoms with Crippen molar-refractivity contribution in [1.82, 2.24) is 10.6 Å². The number of hydrogen-bond donors (Lipinski definition) is 4. The molecule has 2 aliphatic rings. The predicted octanol–water partition coefficient (Wildman–Crippen LogP) is 1.88. The van der Waals surface area contributed by atoms with Crippen molar-refractivity contribution >= 4 is 18.0 Å². The Balaban J connectivity index is 1.30. The molecule has 34 heavy (non-hydrogen) atoms. The van der Waals surface area contributed by atoms with Crippen LogP contribution < -0.4 is 10.6 Å². The number of ether oxygens (including phenoxy) is 2. The number of hydrogen-bond acceptors (Lipinski definition) is 6. The van der Waals surface area contributed by atoms with Crippen LogP contribution in [0.5, 0.6) is 0 Å². The summed E-state index contributed by atoms with van der Waals surface area (Å²) in [6, 6.07) is 14.9. The number of fused-ring (bicyclic) bond motifs is 3. The fourth-order valence-corrected chi connectivity index (χ4v) is 4.64. The molecule has 9 heteroatoms. The van der Waals surface area contributed by atoms with E-state index in [4.69, 9.17) is 19.7 Å². The van der Waals surface area contributed by atoms with Gasteiger partial charge in [0.2, 0.25) is 5.91 Å². The second-order valence-corrected chi connectivity index (χ2v) is 8.46. The summed E-state index contributed by atoms with van der Waals surface area (Å²) in [5.41, 5.74) is 4.52. The third-order valence-corrected chi connectivity index (χ3v) is 6.36. The largest absolute Gasteiger partial charge is 0.480 e. The molecule has 3 atom stereocenters. The molecule has 1 heterocycles. The van der Waals surface area contributed by atoms with E-state index < -0.39 is 30.1 Å². The standard InChI is InChI=1S/C25H28N2O7/c28-11-9-21(24(30)31)27-23(29)22-15(10-12-33-22)13-26-25(32)34-14-20-18-7-3-1-5-16(18)17-6-2-4-8-19(17)20/h1-8,15,20-22,28H,9-14H2,(H,26,32)(H,27,29)(H,30,31)/t15?,21-,22?/m0/s1. The molecule has 1 aliphatic heterocycles. The van der Waals surface area contributed by atoms with Crippen LogP contribution in [0.4, 0.5) is 4.79 Å². The van der Waals surface area contributed by atoms with Gasteiger partial charge in [0.15, 0.2) is 0 Å².